The van der Waals surface area contributed by atoms with E-state index in [1.807, 2.05) is 0 Å². The number of aromatic nitrogens is 2. The molecular weight excluding hydrogens is 290 g/mol. The third-order valence-corrected chi connectivity index (χ3v) is 2.87. The van der Waals surface area contributed by atoms with E-state index in [0.29, 0.717) is 18.9 Å². The Hall–Kier alpha value is -2.74. The Morgan fingerprint density at radius 2 is 2.05 bits per heavy atom. The van der Waals surface area contributed by atoms with Gasteiger partial charge in [-0.25, -0.2) is 14.8 Å². The second-order valence-electron chi connectivity index (χ2n) is 4.39. The lowest BCUT2D eigenvalue weighted by molar-refractivity contribution is 0.0653. The van der Waals surface area contributed by atoms with Crippen LogP contribution in [0.1, 0.15) is 26.7 Å². The summed E-state index contributed by atoms with van der Waals surface area (Å²) in [4.78, 5) is 32.2. The van der Waals surface area contributed by atoms with Gasteiger partial charge in [0, 0.05) is 13.7 Å². The molecule has 0 aliphatic heterocycles. The zero-order chi connectivity index (χ0) is 15.9. The molecule has 0 unspecified atom stereocenters. The van der Waals surface area contributed by atoms with E-state index < -0.39 is 5.97 Å². The third-order valence-electron chi connectivity index (χ3n) is 2.87. The molecule has 0 aliphatic rings. The predicted octanol–water partition coefficient (Wildman–Crippen LogP) is 1.06. The number of aromatic carboxylic acids is 1. The Morgan fingerprint density at radius 3 is 2.59 bits per heavy atom. The van der Waals surface area contributed by atoms with Gasteiger partial charge in [-0.3, -0.25) is 4.79 Å². The summed E-state index contributed by atoms with van der Waals surface area (Å²) in [7, 11) is 1.54. The van der Waals surface area contributed by atoms with Gasteiger partial charge in [0.05, 0.1) is 31.8 Å². The minimum atomic E-state index is -1.20. The third kappa shape index (κ3) is 3.89. The van der Waals surface area contributed by atoms with Gasteiger partial charge < -0.3 is 19.2 Å². The van der Waals surface area contributed by atoms with E-state index >= 15 is 0 Å². The normalized spacial score (nSPS) is 10.4. The molecule has 0 saturated carbocycles. The fraction of sp³-hybridized carbons (Fsp3) is 0.286. The Morgan fingerprint density at radius 1 is 1.32 bits per heavy atom. The van der Waals surface area contributed by atoms with Crippen molar-refractivity contribution in [2.24, 2.45) is 0 Å². The van der Waals surface area contributed by atoms with Gasteiger partial charge in [0.25, 0.3) is 5.91 Å². The molecule has 0 radical (unpaired) electrons. The fourth-order valence-corrected chi connectivity index (χ4v) is 1.76. The monoisotopic (exact) mass is 305 g/mol. The summed E-state index contributed by atoms with van der Waals surface area (Å²) in [5, 5.41) is 8.78. The highest BCUT2D eigenvalue weighted by atomic mass is 16.5. The Kier molecular flexibility index (Phi) is 5.21. The number of carboxylic acids is 1. The van der Waals surface area contributed by atoms with Crippen molar-refractivity contribution >= 4 is 11.9 Å². The molecule has 0 spiro atoms. The van der Waals surface area contributed by atoms with Gasteiger partial charge in [-0.2, -0.15) is 0 Å². The van der Waals surface area contributed by atoms with E-state index in [1.165, 1.54) is 18.3 Å². The van der Waals surface area contributed by atoms with E-state index in [9.17, 15) is 9.59 Å². The number of rotatable bonds is 7. The van der Waals surface area contributed by atoms with Gasteiger partial charge in [-0.15, -0.1) is 0 Å². The van der Waals surface area contributed by atoms with Crippen molar-refractivity contribution in [3.05, 3.63) is 47.9 Å². The zero-order valence-electron chi connectivity index (χ0n) is 11.9. The van der Waals surface area contributed by atoms with Crippen molar-refractivity contribution in [2.45, 2.75) is 6.54 Å². The highest BCUT2D eigenvalue weighted by Crippen LogP contribution is 2.09. The molecule has 2 rings (SSSR count). The van der Waals surface area contributed by atoms with Crippen LogP contribution in [0.4, 0.5) is 0 Å². The first-order valence-corrected chi connectivity index (χ1v) is 6.47. The largest absolute Gasteiger partial charge is 0.476 e. The van der Waals surface area contributed by atoms with Crippen LogP contribution in [0.3, 0.4) is 0 Å². The van der Waals surface area contributed by atoms with Crippen LogP contribution >= 0.6 is 0 Å². The number of nitrogens with zero attached hydrogens (tertiary/aromatic N) is 3. The summed E-state index contributed by atoms with van der Waals surface area (Å²) in [6.45, 7) is 0.961. The van der Waals surface area contributed by atoms with Gasteiger partial charge >= 0.3 is 5.97 Å². The molecule has 2 heterocycles. The zero-order valence-corrected chi connectivity index (χ0v) is 11.9. The van der Waals surface area contributed by atoms with Crippen molar-refractivity contribution in [1.29, 1.82) is 0 Å². The SMILES string of the molecule is COCCN(Cc1ccco1)C(=O)c1cnc(C(=O)O)cn1. The van der Waals surface area contributed by atoms with E-state index in [2.05, 4.69) is 9.97 Å². The van der Waals surface area contributed by atoms with E-state index in [1.54, 1.807) is 12.1 Å². The molecule has 1 N–H and O–H groups in total. The molecule has 8 nitrogen and oxygen atoms in total. The lowest BCUT2D eigenvalue weighted by Gasteiger charge is -2.20. The maximum Gasteiger partial charge on any atom is 0.356 e. The number of furan rings is 1. The summed E-state index contributed by atoms with van der Waals surface area (Å²) >= 11 is 0. The van der Waals surface area contributed by atoms with Crippen LogP contribution in [0.15, 0.2) is 35.2 Å². The number of hydrogen-bond donors (Lipinski definition) is 1. The van der Waals surface area contributed by atoms with Crippen LogP contribution in [0, 0.1) is 0 Å². The van der Waals surface area contributed by atoms with Crippen molar-refractivity contribution in [3.63, 3.8) is 0 Å². The molecule has 0 atom stereocenters. The average Bonchev–Trinajstić information content (AvgIpc) is 3.04. The predicted molar refractivity (Wildman–Crippen MR) is 74.3 cm³/mol. The summed E-state index contributed by atoms with van der Waals surface area (Å²) in [6, 6.07) is 3.49. The highest BCUT2D eigenvalue weighted by Gasteiger charge is 2.19. The lowest BCUT2D eigenvalue weighted by atomic mass is 10.3. The molecule has 1 amide bonds. The second-order valence-corrected chi connectivity index (χ2v) is 4.39. The van der Waals surface area contributed by atoms with Gasteiger partial charge in [0.1, 0.15) is 11.5 Å². The molecule has 116 valence electrons. The van der Waals surface area contributed by atoms with E-state index in [4.69, 9.17) is 14.3 Å². The van der Waals surface area contributed by atoms with Gasteiger partial charge in [-0.05, 0) is 12.1 Å². The molecule has 0 aromatic carbocycles. The van der Waals surface area contributed by atoms with E-state index in [0.717, 1.165) is 12.4 Å². The first-order valence-electron chi connectivity index (χ1n) is 6.47. The summed E-state index contributed by atoms with van der Waals surface area (Å²) in [5.41, 5.74) is -0.154. The van der Waals surface area contributed by atoms with Crippen molar-refractivity contribution in [2.75, 3.05) is 20.3 Å². The highest BCUT2D eigenvalue weighted by molar-refractivity contribution is 5.92. The van der Waals surface area contributed by atoms with Crippen LogP contribution in [-0.2, 0) is 11.3 Å². The first kappa shape index (κ1) is 15.6. The van der Waals surface area contributed by atoms with Crippen molar-refractivity contribution < 1.29 is 23.8 Å². The van der Waals surface area contributed by atoms with Crippen LogP contribution in [0.5, 0.6) is 0 Å². The number of carbonyl (C=O) groups excluding carboxylic acids is 1. The minimum Gasteiger partial charge on any atom is -0.476 e. The molecule has 2 aromatic heterocycles. The van der Waals surface area contributed by atoms with Crippen LogP contribution < -0.4 is 0 Å². The maximum atomic E-state index is 12.4. The molecule has 0 saturated heterocycles. The number of carbonyl (C=O) groups is 2. The van der Waals surface area contributed by atoms with E-state index in [-0.39, 0.29) is 23.8 Å². The molecule has 0 aliphatic carbocycles. The van der Waals surface area contributed by atoms with Crippen LogP contribution in [0.2, 0.25) is 0 Å². The molecule has 22 heavy (non-hydrogen) atoms. The minimum absolute atomic E-state index is 0.0626. The summed E-state index contributed by atoms with van der Waals surface area (Å²) in [6.07, 6.45) is 3.72. The smallest absolute Gasteiger partial charge is 0.356 e. The Balaban J connectivity index is 2.14. The molecule has 0 bridgehead atoms. The lowest BCUT2D eigenvalue weighted by Crippen LogP contribution is -2.34. The molecule has 8 heteroatoms. The summed E-state index contributed by atoms with van der Waals surface area (Å²) in [5.74, 6) is -0.948. The number of amides is 1. The quantitative estimate of drug-likeness (QED) is 0.815. The second kappa shape index (κ2) is 7.32. The molecule has 0 fully saturated rings. The Bertz CT molecular complexity index is 624. The Labute approximate surface area is 126 Å². The average molecular weight is 305 g/mol. The molecule has 2 aromatic rings. The number of carboxylic acid groups (broad SMARTS) is 1. The summed E-state index contributed by atoms with van der Waals surface area (Å²) < 4.78 is 10.2. The van der Waals surface area contributed by atoms with Crippen molar-refractivity contribution in [1.82, 2.24) is 14.9 Å². The fourth-order valence-electron chi connectivity index (χ4n) is 1.76. The maximum absolute atomic E-state index is 12.4. The van der Waals surface area contributed by atoms with Crippen LogP contribution in [0.25, 0.3) is 0 Å². The number of ether oxygens (including phenoxy) is 1. The van der Waals surface area contributed by atoms with Gasteiger partial charge in [0.15, 0.2) is 5.69 Å². The van der Waals surface area contributed by atoms with Gasteiger partial charge in [0.2, 0.25) is 0 Å². The first-order chi connectivity index (χ1) is 10.6. The standard InChI is InChI=1S/C14H15N3O5/c1-21-6-4-17(9-10-3-2-5-22-10)13(18)11-7-16-12(8-15-11)14(19)20/h2-3,5,7-8H,4,6,9H2,1H3,(H,19,20). The molecular formula is C14H15N3O5. The topological polar surface area (TPSA) is 106 Å². The number of hydrogen-bond acceptors (Lipinski definition) is 6. The van der Waals surface area contributed by atoms with Gasteiger partial charge in [-0.1, -0.05) is 0 Å². The van der Waals surface area contributed by atoms with Crippen LogP contribution in [-0.4, -0.2) is 52.1 Å². The number of methoxy groups -OCH3 is 1. The van der Waals surface area contributed by atoms with Crippen molar-refractivity contribution in [3.8, 4) is 0 Å².